The highest BCUT2D eigenvalue weighted by atomic mass is 19.4. The molecule has 0 amide bonds. The summed E-state index contributed by atoms with van der Waals surface area (Å²) in [6.07, 6.45) is -4.59. The fraction of sp³-hybridized carbons (Fsp3) is 0.200. The summed E-state index contributed by atoms with van der Waals surface area (Å²) in [6, 6.07) is -0.0784. The molecule has 1 heterocycles. The largest absolute Gasteiger partial charge is 0.449 e. The van der Waals surface area contributed by atoms with Crippen molar-refractivity contribution >= 4 is 0 Å². The molecule has 1 rings (SSSR count). The summed E-state index contributed by atoms with van der Waals surface area (Å²) >= 11 is 0. The van der Waals surface area contributed by atoms with E-state index in [4.69, 9.17) is 0 Å². The molecule has 0 N–H and O–H groups in total. The Bertz CT molecular complexity index is 224. The number of halogens is 4. The molecule has 10 heavy (non-hydrogen) atoms. The second kappa shape index (κ2) is 2.00. The number of alkyl halides is 3. The summed E-state index contributed by atoms with van der Waals surface area (Å²) in [6.45, 7) is 0. The molecule has 0 saturated heterocycles. The molecule has 0 spiro atoms. The molecule has 0 radical (unpaired) electrons. The molecule has 0 aliphatic heterocycles. The molecule has 1 aromatic rings. The van der Waals surface area contributed by atoms with Crippen LogP contribution in [0.25, 0.3) is 0 Å². The van der Waals surface area contributed by atoms with Gasteiger partial charge in [0.15, 0.2) is 0 Å². The minimum Gasteiger partial charge on any atom is -0.426 e. The normalized spacial score (nSPS) is 12.0. The molecule has 0 atom stereocenters. The SMILES string of the molecule is Fc1ccc(C(F)(F)F)o1. The third-order valence-corrected chi connectivity index (χ3v) is 0.853. The highest BCUT2D eigenvalue weighted by Crippen LogP contribution is 2.29. The zero-order chi connectivity index (χ0) is 7.78. The Labute approximate surface area is 53.3 Å². The van der Waals surface area contributed by atoms with E-state index in [1.54, 1.807) is 0 Å². The summed E-state index contributed by atoms with van der Waals surface area (Å²) in [7, 11) is 0. The lowest BCUT2D eigenvalue weighted by Gasteiger charge is -1.98. The Kier molecular flexibility index (Phi) is 1.42. The molecular formula is C5H2F4O. The first-order chi connectivity index (χ1) is 4.50. The van der Waals surface area contributed by atoms with Crippen LogP contribution >= 0.6 is 0 Å². The molecule has 0 aromatic carbocycles. The van der Waals surface area contributed by atoms with Crippen LogP contribution < -0.4 is 0 Å². The lowest BCUT2D eigenvalue weighted by molar-refractivity contribution is -0.154. The number of rotatable bonds is 0. The van der Waals surface area contributed by atoms with Gasteiger partial charge in [-0.3, -0.25) is 0 Å². The fourth-order valence-electron chi connectivity index (χ4n) is 0.467. The van der Waals surface area contributed by atoms with Crippen LogP contribution in [0.3, 0.4) is 0 Å². The Morgan fingerprint density at radius 1 is 1.20 bits per heavy atom. The van der Waals surface area contributed by atoms with Crippen LogP contribution in [-0.2, 0) is 6.18 Å². The van der Waals surface area contributed by atoms with Crippen LogP contribution in [0.4, 0.5) is 17.6 Å². The summed E-state index contributed by atoms with van der Waals surface area (Å²) < 4.78 is 50.1. The van der Waals surface area contributed by atoms with E-state index >= 15 is 0 Å². The van der Waals surface area contributed by atoms with Crippen LogP contribution in [0.5, 0.6) is 0 Å². The van der Waals surface area contributed by atoms with Crippen molar-refractivity contribution in [2.24, 2.45) is 0 Å². The Balaban J connectivity index is 2.96. The van der Waals surface area contributed by atoms with Gasteiger partial charge in [0.2, 0.25) is 5.76 Å². The second-order valence-corrected chi connectivity index (χ2v) is 1.60. The van der Waals surface area contributed by atoms with Gasteiger partial charge in [-0.25, -0.2) is 0 Å². The molecule has 0 fully saturated rings. The molecule has 0 unspecified atom stereocenters. The van der Waals surface area contributed by atoms with Gasteiger partial charge in [0.25, 0.3) is 6.01 Å². The highest BCUT2D eigenvalue weighted by molar-refractivity contribution is 5.02. The second-order valence-electron chi connectivity index (χ2n) is 1.60. The Morgan fingerprint density at radius 3 is 2.00 bits per heavy atom. The molecule has 0 aliphatic rings. The Hall–Kier alpha value is -1.00. The summed E-state index contributed by atoms with van der Waals surface area (Å²) in [5, 5.41) is 0. The number of hydrogen-bond donors (Lipinski definition) is 0. The summed E-state index contributed by atoms with van der Waals surface area (Å²) in [4.78, 5) is 0. The van der Waals surface area contributed by atoms with Crippen LogP contribution in [0.2, 0.25) is 0 Å². The molecule has 0 saturated carbocycles. The van der Waals surface area contributed by atoms with Crippen LogP contribution in [-0.4, -0.2) is 0 Å². The monoisotopic (exact) mass is 154 g/mol. The minimum absolute atomic E-state index is 0.537. The minimum atomic E-state index is -4.59. The van der Waals surface area contributed by atoms with Gasteiger partial charge < -0.3 is 4.42 Å². The van der Waals surface area contributed by atoms with Crippen LogP contribution in [0.15, 0.2) is 16.5 Å². The number of furan rings is 1. The number of hydrogen-bond acceptors (Lipinski definition) is 1. The van der Waals surface area contributed by atoms with Gasteiger partial charge in [-0.1, -0.05) is 0 Å². The van der Waals surface area contributed by atoms with Gasteiger partial charge in [-0.2, -0.15) is 17.6 Å². The van der Waals surface area contributed by atoms with E-state index in [2.05, 4.69) is 4.42 Å². The van der Waals surface area contributed by atoms with E-state index in [0.29, 0.717) is 12.1 Å². The van der Waals surface area contributed by atoms with Gasteiger partial charge >= 0.3 is 6.18 Å². The van der Waals surface area contributed by atoms with E-state index in [1.807, 2.05) is 0 Å². The first-order valence-corrected chi connectivity index (χ1v) is 2.32. The Morgan fingerprint density at radius 2 is 1.80 bits per heavy atom. The molecule has 1 aromatic heterocycles. The quantitative estimate of drug-likeness (QED) is 0.523. The average Bonchev–Trinajstić information content (AvgIpc) is 2.11. The maximum Gasteiger partial charge on any atom is 0.449 e. The van der Waals surface area contributed by atoms with Crippen molar-refractivity contribution in [2.75, 3.05) is 0 Å². The zero-order valence-electron chi connectivity index (χ0n) is 4.57. The van der Waals surface area contributed by atoms with Crippen molar-refractivity contribution in [2.45, 2.75) is 6.18 Å². The van der Waals surface area contributed by atoms with Crippen molar-refractivity contribution in [3.05, 3.63) is 23.9 Å². The first kappa shape index (κ1) is 7.11. The summed E-state index contributed by atoms with van der Waals surface area (Å²) in [5.74, 6) is -1.31. The molecule has 0 bridgehead atoms. The van der Waals surface area contributed by atoms with E-state index < -0.39 is 18.0 Å². The van der Waals surface area contributed by atoms with Crippen molar-refractivity contribution in [1.82, 2.24) is 0 Å². The predicted octanol–water partition coefficient (Wildman–Crippen LogP) is 2.44. The van der Waals surface area contributed by atoms with Crippen molar-refractivity contribution < 1.29 is 22.0 Å². The van der Waals surface area contributed by atoms with Crippen molar-refractivity contribution in [3.63, 3.8) is 0 Å². The fourth-order valence-corrected chi connectivity index (χ4v) is 0.467. The molecule has 56 valence electrons. The smallest absolute Gasteiger partial charge is 0.426 e. The van der Waals surface area contributed by atoms with E-state index in [-0.39, 0.29) is 0 Å². The third kappa shape index (κ3) is 1.29. The van der Waals surface area contributed by atoms with Gasteiger partial charge in [0.05, 0.1) is 0 Å². The van der Waals surface area contributed by atoms with Crippen LogP contribution in [0.1, 0.15) is 5.76 Å². The standard InChI is InChI=1S/C5H2F4O/c6-4-2-1-3(10-4)5(7,8)9/h1-2H. The third-order valence-electron chi connectivity index (χ3n) is 0.853. The maximum atomic E-state index is 11.8. The van der Waals surface area contributed by atoms with Gasteiger partial charge in [0.1, 0.15) is 0 Å². The zero-order valence-corrected chi connectivity index (χ0v) is 4.57. The lowest BCUT2D eigenvalue weighted by atomic mass is 10.4. The molecule has 0 aliphatic carbocycles. The van der Waals surface area contributed by atoms with Crippen molar-refractivity contribution in [1.29, 1.82) is 0 Å². The molecule has 5 heteroatoms. The molecule has 1 nitrogen and oxygen atoms in total. The van der Waals surface area contributed by atoms with E-state index in [0.717, 1.165) is 0 Å². The lowest BCUT2D eigenvalue weighted by Crippen LogP contribution is -2.01. The highest BCUT2D eigenvalue weighted by Gasteiger charge is 2.34. The summed E-state index contributed by atoms with van der Waals surface area (Å²) in [5.41, 5.74) is 0. The average molecular weight is 154 g/mol. The van der Waals surface area contributed by atoms with Crippen LogP contribution in [0, 0.1) is 6.01 Å². The van der Waals surface area contributed by atoms with E-state index in [9.17, 15) is 17.6 Å². The topological polar surface area (TPSA) is 13.1 Å². The predicted molar refractivity (Wildman–Crippen MR) is 23.7 cm³/mol. The maximum absolute atomic E-state index is 11.8. The van der Waals surface area contributed by atoms with E-state index in [1.165, 1.54) is 0 Å². The van der Waals surface area contributed by atoms with Gasteiger partial charge in [-0.15, -0.1) is 0 Å². The van der Waals surface area contributed by atoms with Crippen molar-refractivity contribution in [3.8, 4) is 0 Å². The van der Waals surface area contributed by atoms with Gasteiger partial charge in [0, 0.05) is 6.07 Å². The first-order valence-electron chi connectivity index (χ1n) is 2.32. The molecular weight excluding hydrogens is 152 g/mol. The van der Waals surface area contributed by atoms with Gasteiger partial charge in [-0.05, 0) is 6.07 Å².